The van der Waals surface area contributed by atoms with Gasteiger partial charge in [0.1, 0.15) is 0 Å². The SMILES string of the molecule is CC(C)(O)C(C)(C)O[B]c1ccccc1-c1ccccc1-c1ccc(-c2cc(-c3ccccc3)nc(-c3ccccc3)n2)cc1. The Bertz CT molecular complexity index is 1840. The molecule has 5 aromatic carbocycles. The fourth-order valence-electron chi connectivity index (χ4n) is 5.06. The number of rotatable bonds is 9. The summed E-state index contributed by atoms with van der Waals surface area (Å²) in [4.78, 5) is 9.91. The second kappa shape index (κ2) is 12.6. The van der Waals surface area contributed by atoms with Crippen molar-refractivity contribution in [2.75, 3.05) is 0 Å². The number of aliphatic hydroxyl groups is 1. The van der Waals surface area contributed by atoms with Gasteiger partial charge in [0.05, 0.1) is 22.6 Å². The monoisotopic (exact) mass is 587 g/mol. The molecule has 5 heteroatoms. The number of nitrogens with zero attached hydrogens (tertiary/aromatic N) is 2. The minimum absolute atomic E-state index is 0.698. The lowest BCUT2D eigenvalue weighted by Gasteiger charge is -2.37. The first-order chi connectivity index (χ1) is 21.7. The highest BCUT2D eigenvalue weighted by Crippen LogP contribution is 2.34. The first-order valence-corrected chi connectivity index (χ1v) is 15.2. The maximum Gasteiger partial charge on any atom is 0.331 e. The molecule has 6 rings (SSSR count). The summed E-state index contributed by atoms with van der Waals surface area (Å²) in [5.41, 5.74) is 8.34. The molecule has 4 nitrogen and oxygen atoms in total. The van der Waals surface area contributed by atoms with E-state index in [1.807, 2.05) is 80.6 Å². The molecule has 0 spiro atoms. The van der Waals surface area contributed by atoms with Crippen LogP contribution in [0.3, 0.4) is 0 Å². The summed E-state index contributed by atoms with van der Waals surface area (Å²) < 4.78 is 6.15. The van der Waals surface area contributed by atoms with Gasteiger partial charge >= 0.3 is 7.48 Å². The quantitative estimate of drug-likeness (QED) is 0.172. The van der Waals surface area contributed by atoms with E-state index in [1.165, 1.54) is 0 Å². The average molecular weight is 588 g/mol. The van der Waals surface area contributed by atoms with E-state index in [-0.39, 0.29) is 0 Å². The van der Waals surface area contributed by atoms with Gasteiger partial charge in [0.2, 0.25) is 0 Å². The number of hydrogen-bond donors (Lipinski definition) is 1. The third-order valence-corrected chi connectivity index (χ3v) is 8.45. The lowest BCUT2D eigenvalue weighted by atomic mass is 9.78. The zero-order valence-corrected chi connectivity index (χ0v) is 26.1. The summed E-state index contributed by atoms with van der Waals surface area (Å²) in [6.45, 7) is 7.31. The molecule has 0 aliphatic rings. The van der Waals surface area contributed by atoms with E-state index in [0.717, 1.165) is 55.8 Å². The summed E-state index contributed by atoms with van der Waals surface area (Å²) in [6, 6.07) is 47.6. The Kier molecular flexibility index (Phi) is 8.49. The third-order valence-electron chi connectivity index (χ3n) is 8.45. The average Bonchev–Trinajstić information content (AvgIpc) is 3.08. The topological polar surface area (TPSA) is 55.2 Å². The van der Waals surface area contributed by atoms with Gasteiger partial charge in [-0.3, -0.25) is 0 Å². The Labute approximate surface area is 266 Å². The summed E-state index contributed by atoms with van der Waals surface area (Å²) in [7, 11) is 1.76. The van der Waals surface area contributed by atoms with E-state index >= 15 is 0 Å². The van der Waals surface area contributed by atoms with Gasteiger partial charge in [0.15, 0.2) is 5.82 Å². The van der Waals surface area contributed by atoms with Crippen LogP contribution >= 0.6 is 0 Å². The van der Waals surface area contributed by atoms with Gasteiger partial charge in [0, 0.05) is 16.7 Å². The largest absolute Gasteiger partial charge is 0.427 e. The van der Waals surface area contributed by atoms with Crippen molar-refractivity contribution in [3.8, 4) is 56.2 Å². The highest BCUT2D eigenvalue weighted by atomic mass is 16.5. The van der Waals surface area contributed by atoms with Crippen LogP contribution in [0.4, 0.5) is 0 Å². The molecular weight excluding hydrogens is 551 g/mol. The van der Waals surface area contributed by atoms with Crippen molar-refractivity contribution >= 4 is 12.9 Å². The van der Waals surface area contributed by atoms with E-state index < -0.39 is 11.2 Å². The molecule has 0 amide bonds. The Morgan fingerprint density at radius 2 is 0.978 bits per heavy atom. The van der Waals surface area contributed by atoms with Gasteiger partial charge in [-0.15, -0.1) is 0 Å². The van der Waals surface area contributed by atoms with Gasteiger partial charge in [-0.1, -0.05) is 133 Å². The van der Waals surface area contributed by atoms with Crippen molar-refractivity contribution in [1.82, 2.24) is 9.97 Å². The Balaban J connectivity index is 1.36. The number of hydrogen-bond acceptors (Lipinski definition) is 4. The van der Waals surface area contributed by atoms with Crippen molar-refractivity contribution < 1.29 is 9.76 Å². The van der Waals surface area contributed by atoms with E-state index in [1.54, 1.807) is 21.3 Å². The fraction of sp³-hybridized carbons (Fsp3) is 0.150. The molecule has 0 saturated heterocycles. The van der Waals surface area contributed by atoms with Crippen LogP contribution in [-0.4, -0.2) is 33.8 Å². The molecule has 0 saturated carbocycles. The number of benzene rings is 5. The second-order valence-corrected chi connectivity index (χ2v) is 12.2. The van der Waals surface area contributed by atoms with Crippen LogP contribution in [0.1, 0.15) is 27.7 Å². The van der Waals surface area contributed by atoms with Crippen molar-refractivity contribution in [2.24, 2.45) is 0 Å². The molecule has 1 heterocycles. The maximum atomic E-state index is 10.6. The van der Waals surface area contributed by atoms with Gasteiger partial charge in [-0.05, 0) is 61.5 Å². The molecule has 0 unspecified atom stereocenters. The predicted octanol–water partition coefficient (Wildman–Crippen LogP) is 8.62. The number of aromatic nitrogens is 2. The third kappa shape index (κ3) is 6.65. The molecule has 0 bridgehead atoms. The van der Waals surface area contributed by atoms with Crippen molar-refractivity contribution in [3.05, 3.63) is 140 Å². The van der Waals surface area contributed by atoms with Crippen LogP contribution in [-0.2, 0) is 4.65 Å². The van der Waals surface area contributed by atoms with Crippen molar-refractivity contribution in [1.29, 1.82) is 0 Å². The van der Waals surface area contributed by atoms with Crippen molar-refractivity contribution in [3.63, 3.8) is 0 Å². The molecule has 0 fully saturated rings. The zero-order chi connectivity index (χ0) is 31.4. The summed E-state index contributed by atoms with van der Waals surface area (Å²) in [5, 5.41) is 10.6. The van der Waals surface area contributed by atoms with E-state index in [9.17, 15) is 5.11 Å². The second-order valence-electron chi connectivity index (χ2n) is 12.2. The molecule has 0 atom stereocenters. The lowest BCUT2D eigenvalue weighted by molar-refractivity contribution is -0.0893. The van der Waals surface area contributed by atoms with Crippen LogP contribution in [0.25, 0.3) is 56.2 Å². The normalized spacial score (nSPS) is 11.8. The molecule has 6 aromatic rings. The minimum atomic E-state index is -1.01. The fourth-order valence-corrected chi connectivity index (χ4v) is 5.06. The lowest BCUT2D eigenvalue weighted by Crippen LogP contribution is -2.49. The van der Waals surface area contributed by atoms with Gasteiger partial charge in [-0.25, -0.2) is 9.97 Å². The standard InChI is InChI=1S/C40H36BN2O2/c1-39(2,44)40(3,4)45-41-35-22-14-13-21-34(35)33-20-12-11-19-32(33)28-23-25-30(26-24-28)37-27-36(29-15-7-5-8-16-29)42-38(43-37)31-17-9-6-10-18-31/h5-27,44H,1-4H3. The predicted molar refractivity (Wildman–Crippen MR) is 186 cm³/mol. The molecule has 0 aliphatic carbocycles. The van der Waals surface area contributed by atoms with E-state index in [4.69, 9.17) is 14.6 Å². The first-order valence-electron chi connectivity index (χ1n) is 15.2. The molecule has 221 valence electrons. The minimum Gasteiger partial charge on any atom is -0.427 e. The van der Waals surface area contributed by atoms with Gasteiger partial charge < -0.3 is 9.76 Å². The van der Waals surface area contributed by atoms with E-state index in [0.29, 0.717) is 5.82 Å². The summed E-state index contributed by atoms with van der Waals surface area (Å²) in [6.07, 6.45) is 0. The smallest absolute Gasteiger partial charge is 0.331 e. The van der Waals surface area contributed by atoms with Crippen LogP contribution in [0.15, 0.2) is 140 Å². The Hall–Kier alpha value is -4.84. The Morgan fingerprint density at radius 3 is 1.58 bits per heavy atom. The molecule has 1 radical (unpaired) electrons. The van der Waals surface area contributed by atoms with Gasteiger partial charge in [-0.2, -0.15) is 0 Å². The van der Waals surface area contributed by atoms with Crippen LogP contribution in [0.5, 0.6) is 0 Å². The summed E-state index contributed by atoms with van der Waals surface area (Å²) >= 11 is 0. The summed E-state index contributed by atoms with van der Waals surface area (Å²) in [5.74, 6) is 0.698. The molecule has 0 aliphatic heterocycles. The van der Waals surface area contributed by atoms with Crippen LogP contribution < -0.4 is 5.46 Å². The maximum absolute atomic E-state index is 10.6. The molecule has 1 aromatic heterocycles. The van der Waals surface area contributed by atoms with Crippen molar-refractivity contribution in [2.45, 2.75) is 38.9 Å². The Morgan fingerprint density at radius 1 is 0.511 bits per heavy atom. The van der Waals surface area contributed by atoms with Crippen LogP contribution in [0, 0.1) is 0 Å². The molecule has 45 heavy (non-hydrogen) atoms. The zero-order valence-electron chi connectivity index (χ0n) is 26.1. The molecule has 1 N–H and O–H groups in total. The highest BCUT2D eigenvalue weighted by molar-refractivity contribution is 6.49. The first kappa shape index (κ1) is 30.2. The highest BCUT2D eigenvalue weighted by Gasteiger charge is 2.36. The van der Waals surface area contributed by atoms with Crippen LogP contribution in [0.2, 0.25) is 0 Å². The van der Waals surface area contributed by atoms with Gasteiger partial charge in [0.25, 0.3) is 0 Å². The molecular formula is C40H36BN2O2. The van der Waals surface area contributed by atoms with E-state index in [2.05, 4.69) is 72.8 Å².